The Morgan fingerprint density at radius 2 is 1.62 bits per heavy atom. The highest BCUT2D eigenvalue weighted by Gasteiger charge is 2.25. The highest BCUT2D eigenvalue weighted by molar-refractivity contribution is 5.98. The van der Waals surface area contributed by atoms with Gasteiger partial charge in [-0.1, -0.05) is 34.1 Å². The Morgan fingerprint density at radius 1 is 1.00 bits per heavy atom. The molecule has 1 amide bonds. The van der Waals surface area contributed by atoms with E-state index < -0.39 is 17.9 Å². The van der Waals surface area contributed by atoms with Crippen LogP contribution >= 0.6 is 0 Å². The Kier molecular flexibility index (Phi) is 10.8. The molecule has 0 fully saturated rings. The topological polar surface area (TPSA) is 102 Å². The summed E-state index contributed by atoms with van der Waals surface area (Å²) in [7, 11) is 0. The minimum atomic E-state index is -1.07. The van der Waals surface area contributed by atoms with Gasteiger partial charge in [-0.2, -0.15) is 0 Å². The van der Waals surface area contributed by atoms with Crippen molar-refractivity contribution in [3.05, 3.63) is 23.8 Å². The smallest absolute Gasteiger partial charge is 0.326 e. The summed E-state index contributed by atoms with van der Waals surface area (Å²) in [6.45, 7) is 8.69. The average Bonchev–Trinajstić information content (AvgIpc) is 2.72. The van der Waals surface area contributed by atoms with Crippen molar-refractivity contribution in [1.82, 2.24) is 5.32 Å². The zero-order valence-electron chi connectivity index (χ0n) is 17.8. The lowest BCUT2D eigenvalue weighted by Crippen LogP contribution is -2.45. The van der Waals surface area contributed by atoms with E-state index in [2.05, 4.69) is 5.32 Å². The van der Waals surface area contributed by atoms with Gasteiger partial charge in [-0.15, -0.1) is 0 Å². The molecule has 0 spiro atoms. The first-order chi connectivity index (χ1) is 13.8. The van der Waals surface area contributed by atoms with Crippen LogP contribution in [0.5, 0.6) is 11.5 Å². The number of carboxylic acid groups (broad SMARTS) is 1. The molecule has 1 aromatic carbocycles. The number of benzene rings is 1. The third-order valence-electron chi connectivity index (χ3n) is 4.56. The maximum atomic E-state index is 12.5. The number of hydrogen-bond donors (Lipinski definition) is 2. The van der Waals surface area contributed by atoms with E-state index in [4.69, 9.17) is 9.47 Å². The molecule has 1 aromatic rings. The summed E-state index contributed by atoms with van der Waals surface area (Å²) in [5.74, 6) is -0.818. The molecule has 162 valence electrons. The molecule has 0 bridgehead atoms. The number of aliphatic carboxylic acids is 1. The summed E-state index contributed by atoms with van der Waals surface area (Å²) in [5.41, 5.74) is 0.435. The van der Waals surface area contributed by atoms with Crippen LogP contribution in [0.4, 0.5) is 0 Å². The molecular formula is C22H33NO6. The second-order valence-corrected chi connectivity index (χ2v) is 7.05. The number of nitrogens with one attached hydrogen (secondary N) is 1. The number of Topliss-reactive ketones (excluding diaryl/α,β-unsaturated/α-hetero) is 1. The van der Waals surface area contributed by atoms with Gasteiger partial charge in [-0.25, -0.2) is 4.79 Å². The van der Waals surface area contributed by atoms with Crippen molar-refractivity contribution >= 4 is 17.7 Å². The number of rotatable bonds is 14. The van der Waals surface area contributed by atoms with Gasteiger partial charge in [-0.05, 0) is 37.0 Å². The van der Waals surface area contributed by atoms with Crippen LogP contribution in [0.2, 0.25) is 0 Å². The van der Waals surface area contributed by atoms with Crippen molar-refractivity contribution in [2.45, 2.75) is 65.8 Å². The highest BCUT2D eigenvalue weighted by Crippen LogP contribution is 2.29. The maximum absolute atomic E-state index is 12.5. The first-order valence-electron chi connectivity index (χ1n) is 10.3. The number of ether oxygens (including phenoxy) is 2. The number of carbonyl (C=O) groups excluding carboxylic acids is 2. The standard InChI is InChI=1S/C22H33NO6/c1-5-12-28-18-10-8-16(14-19(18)29-13-6-2)17(24)9-11-20(25)23-21(22(26)27)15(4)7-3/h8,10,14-15,21H,5-7,9,11-13H2,1-4H3,(H,23,25)(H,26,27)/t15-,21-/m0/s1. The Morgan fingerprint density at radius 3 is 2.17 bits per heavy atom. The molecule has 0 heterocycles. The minimum Gasteiger partial charge on any atom is -0.490 e. The van der Waals surface area contributed by atoms with Crippen LogP contribution < -0.4 is 14.8 Å². The molecule has 1 rings (SSSR count). The van der Waals surface area contributed by atoms with Crippen LogP contribution in [0, 0.1) is 5.92 Å². The molecule has 7 nitrogen and oxygen atoms in total. The van der Waals surface area contributed by atoms with Crippen molar-refractivity contribution in [2.24, 2.45) is 5.92 Å². The minimum absolute atomic E-state index is 0.0128. The fraction of sp³-hybridized carbons (Fsp3) is 0.591. The van der Waals surface area contributed by atoms with Gasteiger partial charge in [0.15, 0.2) is 17.3 Å². The molecule has 0 aliphatic carbocycles. The molecule has 7 heteroatoms. The number of carboxylic acids is 1. The van der Waals surface area contributed by atoms with Crippen molar-refractivity contribution in [2.75, 3.05) is 13.2 Å². The first kappa shape index (κ1) is 24.5. The van der Waals surface area contributed by atoms with Crippen LogP contribution in [-0.4, -0.2) is 42.0 Å². The normalized spacial score (nSPS) is 12.7. The molecule has 0 aromatic heterocycles. The van der Waals surface area contributed by atoms with Gasteiger partial charge >= 0.3 is 5.97 Å². The van der Waals surface area contributed by atoms with Gasteiger partial charge < -0.3 is 19.9 Å². The van der Waals surface area contributed by atoms with Crippen LogP contribution in [-0.2, 0) is 9.59 Å². The highest BCUT2D eigenvalue weighted by atomic mass is 16.5. The van der Waals surface area contributed by atoms with Crippen molar-refractivity contribution in [3.8, 4) is 11.5 Å². The third-order valence-corrected chi connectivity index (χ3v) is 4.56. The Hall–Kier alpha value is -2.57. The van der Waals surface area contributed by atoms with E-state index in [9.17, 15) is 19.5 Å². The van der Waals surface area contributed by atoms with Crippen LogP contribution in [0.3, 0.4) is 0 Å². The Balaban J connectivity index is 2.75. The summed E-state index contributed by atoms with van der Waals surface area (Å²) in [6.07, 6.45) is 2.23. The summed E-state index contributed by atoms with van der Waals surface area (Å²) in [4.78, 5) is 36.0. The van der Waals surface area contributed by atoms with Crippen molar-refractivity contribution in [3.63, 3.8) is 0 Å². The van der Waals surface area contributed by atoms with Gasteiger partial charge in [-0.3, -0.25) is 9.59 Å². The van der Waals surface area contributed by atoms with E-state index in [1.54, 1.807) is 25.1 Å². The second-order valence-electron chi connectivity index (χ2n) is 7.05. The van der Waals surface area contributed by atoms with Gasteiger partial charge in [0.05, 0.1) is 13.2 Å². The Bertz CT molecular complexity index is 688. The summed E-state index contributed by atoms with van der Waals surface area (Å²) < 4.78 is 11.4. The molecule has 2 N–H and O–H groups in total. The quantitative estimate of drug-likeness (QED) is 0.454. The van der Waals surface area contributed by atoms with Gasteiger partial charge in [0.1, 0.15) is 6.04 Å². The van der Waals surface area contributed by atoms with E-state index >= 15 is 0 Å². The van der Waals surface area contributed by atoms with Crippen molar-refractivity contribution in [1.29, 1.82) is 0 Å². The molecule has 0 unspecified atom stereocenters. The van der Waals surface area contributed by atoms with E-state index in [0.29, 0.717) is 36.7 Å². The number of ketones is 1. The van der Waals surface area contributed by atoms with E-state index in [1.807, 2.05) is 20.8 Å². The predicted octanol–water partition coefficient (Wildman–Crippen LogP) is 3.84. The number of carbonyl (C=O) groups is 3. The van der Waals surface area contributed by atoms with Crippen LogP contribution in [0.1, 0.15) is 70.2 Å². The van der Waals surface area contributed by atoms with E-state index in [1.165, 1.54) is 0 Å². The fourth-order valence-electron chi connectivity index (χ4n) is 2.64. The van der Waals surface area contributed by atoms with Gasteiger partial charge in [0.2, 0.25) is 5.91 Å². The lowest BCUT2D eigenvalue weighted by Gasteiger charge is -2.20. The van der Waals surface area contributed by atoms with E-state index in [-0.39, 0.29) is 24.5 Å². The lowest BCUT2D eigenvalue weighted by atomic mass is 9.99. The van der Waals surface area contributed by atoms with Crippen LogP contribution in [0.25, 0.3) is 0 Å². The fourth-order valence-corrected chi connectivity index (χ4v) is 2.64. The Labute approximate surface area is 172 Å². The summed E-state index contributed by atoms with van der Waals surface area (Å²) in [6, 6.07) is 4.05. The molecule has 29 heavy (non-hydrogen) atoms. The monoisotopic (exact) mass is 407 g/mol. The largest absolute Gasteiger partial charge is 0.490 e. The first-order valence-corrected chi connectivity index (χ1v) is 10.3. The average molecular weight is 408 g/mol. The zero-order valence-corrected chi connectivity index (χ0v) is 17.8. The number of hydrogen-bond acceptors (Lipinski definition) is 5. The van der Waals surface area contributed by atoms with Crippen molar-refractivity contribution < 1.29 is 29.0 Å². The summed E-state index contributed by atoms with van der Waals surface area (Å²) >= 11 is 0. The second kappa shape index (κ2) is 12.8. The number of amides is 1. The third kappa shape index (κ3) is 8.13. The lowest BCUT2D eigenvalue weighted by molar-refractivity contribution is -0.143. The zero-order chi connectivity index (χ0) is 21.8. The molecular weight excluding hydrogens is 374 g/mol. The van der Waals surface area contributed by atoms with Crippen LogP contribution in [0.15, 0.2) is 18.2 Å². The van der Waals surface area contributed by atoms with Gasteiger partial charge in [0, 0.05) is 18.4 Å². The van der Waals surface area contributed by atoms with E-state index in [0.717, 1.165) is 12.8 Å². The molecule has 0 saturated heterocycles. The SMILES string of the molecule is CCCOc1ccc(C(=O)CCC(=O)N[C@H](C(=O)O)[C@@H](C)CC)cc1OCCC. The molecule has 2 atom stereocenters. The molecule has 0 aliphatic heterocycles. The molecule has 0 saturated carbocycles. The molecule has 0 aliphatic rings. The molecule has 0 radical (unpaired) electrons. The maximum Gasteiger partial charge on any atom is 0.326 e. The van der Waals surface area contributed by atoms with Gasteiger partial charge in [0.25, 0.3) is 0 Å². The predicted molar refractivity (Wildman–Crippen MR) is 111 cm³/mol. The summed E-state index contributed by atoms with van der Waals surface area (Å²) in [5, 5.41) is 11.8.